The van der Waals surface area contributed by atoms with Crippen molar-refractivity contribution in [1.82, 2.24) is 4.98 Å². The Morgan fingerprint density at radius 2 is 2.31 bits per heavy atom. The van der Waals surface area contributed by atoms with Crippen LogP contribution in [0.5, 0.6) is 5.88 Å². The van der Waals surface area contributed by atoms with Gasteiger partial charge in [0.2, 0.25) is 5.88 Å². The lowest BCUT2D eigenvalue weighted by atomic mass is 10.3. The number of carbonyl (C=O) groups excluding carboxylic acids is 1. The van der Waals surface area contributed by atoms with Crippen molar-refractivity contribution in [2.75, 3.05) is 19.5 Å². The first-order chi connectivity index (χ1) is 6.19. The maximum Gasteiger partial charge on any atom is 0.267 e. The molecule has 70 valence electrons. The third-order valence-corrected chi connectivity index (χ3v) is 1.58. The fourth-order valence-electron chi connectivity index (χ4n) is 0.924. The summed E-state index contributed by atoms with van der Waals surface area (Å²) in [5.41, 5.74) is 5.96. The van der Waals surface area contributed by atoms with Gasteiger partial charge in [0, 0.05) is 7.05 Å². The normalized spacial score (nSPS) is 9.38. The van der Waals surface area contributed by atoms with E-state index in [0.29, 0.717) is 11.6 Å². The van der Waals surface area contributed by atoms with Crippen molar-refractivity contribution >= 4 is 11.6 Å². The quantitative estimate of drug-likeness (QED) is 0.699. The Labute approximate surface area is 75.9 Å². The van der Waals surface area contributed by atoms with Gasteiger partial charge in [0.25, 0.3) is 5.91 Å². The molecule has 0 unspecified atom stereocenters. The van der Waals surface area contributed by atoms with Crippen LogP contribution in [0.15, 0.2) is 12.1 Å². The highest BCUT2D eigenvalue weighted by Gasteiger charge is 2.07. The Balaban J connectivity index is 3.13. The predicted octanol–water partition coefficient (Wildman–Crippen LogP) is 0.231. The molecular weight excluding hydrogens is 170 g/mol. The van der Waals surface area contributed by atoms with Crippen LogP contribution >= 0.6 is 0 Å². The number of nitrogens with one attached hydrogen (secondary N) is 1. The molecule has 0 bridgehead atoms. The van der Waals surface area contributed by atoms with Gasteiger partial charge in [-0.1, -0.05) is 0 Å². The number of amides is 1. The molecule has 0 spiro atoms. The Kier molecular flexibility index (Phi) is 2.69. The minimum atomic E-state index is -0.569. The highest BCUT2D eigenvalue weighted by atomic mass is 16.5. The zero-order valence-electron chi connectivity index (χ0n) is 7.50. The Morgan fingerprint density at radius 1 is 1.62 bits per heavy atom. The van der Waals surface area contributed by atoms with Gasteiger partial charge in [-0.2, -0.15) is 0 Å². The number of hydrogen-bond acceptors (Lipinski definition) is 4. The molecule has 0 fully saturated rings. The van der Waals surface area contributed by atoms with Gasteiger partial charge in [-0.25, -0.2) is 4.98 Å². The van der Waals surface area contributed by atoms with Crippen molar-refractivity contribution in [3.8, 4) is 5.88 Å². The summed E-state index contributed by atoms with van der Waals surface area (Å²) in [5.74, 6) is -0.209. The van der Waals surface area contributed by atoms with Crippen LogP contribution in [-0.4, -0.2) is 25.0 Å². The zero-order valence-corrected chi connectivity index (χ0v) is 7.50. The van der Waals surface area contributed by atoms with E-state index >= 15 is 0 Å². The van der Waals surface area contributed by atoms with Crippen LogP contribution in [0.2, 0.25) is 0 Å². The van der Waals surface area contributed by atoms with Gasteiger partial charge >= 0.3 is 0 Å². The van der Waals surface area contributed by atoms with Crippen molar-refractivity contribution in [2.24, 2.45) is 5.73 Å². The zero-order chi connectivity index (χ0) is 9.84. The van der Waals surface area contributed by atoms with E-state index in [-0.39, 0.29) is 5.69 Å². The maximum absolute atomic E-state index is 10.8. The van der Waals surface area contributed by atoms with Crippen molar-refractivity contribution in [2.45, 2.75) is 0 Å². The molecule has 0 aliphatic rings. The number of nitrogens with zero attached hydrogens (tertiary/aromatic N) is 1. The summed E-state index contributed by atoms with van der Waals surface area (Å²) < 4.78 is 4.95. The molecule has 5 heteroatoms. The summed E-state index contributed by atoms with van der Waals surface area (Å²) in [7, 11) is 3.22. The minimum absolute atomic E-state index is 0.191. The first kappa shape index (κ1) is 9.31. The van der Waals surface area contributed by atoms with Gasteiger partial charge < -0.3 is 15.8 Å². The van der Waals surface area contributed by atoms with Gasteiger partial charge in [0.1, 0.15) is 5.69 Å². The van der Waals surface area contributed by atoms with E-state index in [0.717, 1.165) is 0 Å². The van der Waals surface area contributed by atoms with Crippen LogP contribution in [0.4, 0.5) is 5.69 Å². The second kappa shape index (κ2) is 3.75. The fourth-order valence-corrected chi connectivity index (χ4v) is 0.924. The van der Waals surface area contributed by atoms with E-state index in [9.17, 15) is 4.79 Å². The first-order valence-electron chi connectivity index (χ1n) is 3.71. The van der Waals surface area contributed by atoms with E-state index in [1.165, 1.54) is 13.2 Å². The van der Waals surface area contributed by atoms with E-state index in [1.54, 1.807) is 13.1 Å². The number of ether oxygens (including phenoxy) is 1. The molecule has 1 aromatic heterocycles. The Hall–Kier alpha value is -1.78. The topological polar surface area (TPSA) is 77.2 Å². The molecule has 0 aliphatic heterocycles. The average molecular weight is 181 g/mol. The molecule has 0 saturated carbocycles. The van der Waals surface area contributed by atoms with E-state index in [4.69, 9.17) is 10.5 Å². The second-order valence-corrected chi connectivity index (χ2v) is 2.37. The molecule has 1 aromatic rings. The Bertz CT molecular complexity index is 325. The molecule has 5 nitrogen and oxygen atoms in total. The third kappa shape index (κ3) is 1.87. The monoisotopic (exact) mass is 181 g/mol. The van der Waals surface area contributed by atoms with Crippen molar-refractivity contribution < 1.29 is 9.53 Å². The molecule has 1 rings (SSSR count). The largest absolute Gasteiger partial charge is 0.480 e. The van der Waals surface area contributed by atoms with Crippen molar-refractivity contribution in [3.63, 3.8) is 0 Å². The lowest BCUT2D eigenvalue weighted by molar-refractivity contribution is 0.0995. The Morgan fingerprint density at radius 3 is 2.77 bits per heavy atom. The summed E-state index contributed by atoms with van der Waals surface area (Å²) in [6.07, 6.45) is 0. The standard InChI is InChI=1S/C8H11N3O2/c1-10-6-4-3-5(7(9)12)11-8(6)13-2/h3-4,10H,1-2H3,(H2,9,12). The average Bonchev–Trinajstić information content (AvgIpc) is 2.16. The molecule has 0 atom stereocenters. The number of anilines is 1. The molecule has 0 saturated heterocycles. The summed E-state index contributed by atoms with van der Waals surface area (Å²) in [6, 6.07) is 3.22. The second-order valence-electron chi connectivity index (χ2n) is 2.37. The van der Waals surface area contributed by atoms with E-state index < -0.39 is 5.91 Å². The molecular formula is C8H11N3O2. The fraction of sp³-hybridized carbons (Fsp3) is 0.250. The molecule has 13 heavy (non-hydrogen) atoms. The van der Waals surface area contributed by atoms with E-state index in [2.05, 4.69) is 10.3 Å². The van der Waals surface area contributed by atoms with Crippen molar-refractivity contribution in [1.29, 1.82) is 0 Å². The SMILES string of the molecule is CNc1ccc(C(N)=O)nc1OC. The number of primary amides is 1. The molecule has 0 aromatic carbocycles. The number of rotatable bonds is 3. The molecule has 0 aliphatic carbocycles. The van der Waals surface area contributed by atoms with Crippen molar-refractivity contribution in [3.05, 3.63) is 17.8 Å². The van der Waals surface area contributed by atoms with Crippen LogP contribution in [0.25, 0.3) is 0 Å². The number of methoxy groups -OCH3 is 1. The molecule has 1 amide bonds. The molecule has 3 N–H and O–H groups in total. The summed E-state index contributed by atoms with van der Waals surface area (Å²) in [6.45, 7) is 0. The number of pyridine rings is 1. The van der Waals surface area contributed by atoms with Gasteiger partial charge in [0.05, 0.1) is 12.8 Å². The van der Waals surface area contributed by atoms with E-state index in [1.807, 2.05) is 0 Å². The minimum Gasteiger partial charge on any atom is -0.480 e. The number of nitrogens with two attached hydrogens (primary N) is 1. The number of carbonyl (C=O) groups is 1. The summed E-state index contributed by atoms with van der Waals surface area (Å²) in [5, 5.41) is 2.87. The van der Waals surface area contributed by atoms with Gasteiger partial charge in [0.15, 0.2) is 0 Å². The summed E-state index contributed by atoms with van der Waals surface area (Å²) >= 11 is 0. The summed E-state index contributed by atoms with van der Waals surface area (Å²) in [4.78, 5) is 14.7. The van der Waals surface area contributed by atoms with Gasteiger partial charge in [-0.05, 0) is 12.1 Å². The lowest BCUT2D eigenvalue weighted by Gasteiger charge is -2.06. The van der Waals surface area contributed by atoms with Crippen LogP contribution in [0.3, 0.4) is 0 Å². The molecule has 0 radical (unpaired) electrons. The van der Waals surface area contributed by atoms with Gasteiger partial charge in [-0.15, -0.1) is 0 Å². The first-order valence-corrected chi connectivity index (χ1v) is 3.71. The van der Waals surface area contributed by atoms with Crippen LogP contribution in [0.1, 0.15) is 10.5 Å². The van der Waals surface area contributed by atoms with Crippen LogP contribution < -0.4 is 15.8 Å². The number of hydrogen-bond donors (Lipinski definition) is 2. The molecule has 1 heterocycles. The van der Waals surface area contributed by atoms with Gasteiger partial charge in [-0.3, -0.25) is 4.79 Å². The predicted molar refractivity (Wildman–Crippen MR) is 48.9 cm³/mol. The smallest absolute Gasteiger partial charge is 0.267 e. The highest BCUT2D eigenvalue weighted by Crippen LogP contribution is 2.20. The number of aromatic nitrogens is 1. The lowest BCUT2D eigenvalue weighted by Crippen LogP contribution is -2.13. The van der Waals surface area contributed by atoms with Crippen LogP contribution in [0, 0.1) is 0 Å². The third-order valence-electron chi connectivity index (χ3n) is 1.58. The van der Waals surface area contributed by atoms with Crippen LogP contribution in [-0.2, 0) is 0 Å². The highest BCUT2D eigenvalue weighted by molar-refractivity contribution is 5.91. The maximum atomic E-state index is 10.8.